The quantitative estimate of drug-likeness (QED) is 0.391. The van der Waals surface area contributed by atoms with Crippen LogP contribution in [0.15, 0.2) is 89.9 Å². The van der Waals surface area contributed by atoms with Crippen molar-refractivity contribution in [3.05, 3.63) is 95.4 Å². The largest absolute Gasteiger partial charge is 0.243 e. The van der Waals surface area contributed by atoms with Crippen molar-refractivity contribution in [2.45, 2.75) is 6.17 Å². The van der Waals surface area contributed by atoms with Gasteiger partial charge in [-0.3, -0.25) is 0 Å². The van der Waals surface area contributed by atoms with E-state index < -0.39 is 0 Å². The fourth-order valence-electron chi connectivity index (χ4n) is 3.11. The van der Waals surface area contributed by atoms with Crippen LogP contribution < -0.4 is 0 Å². The SMILES string of the molecule is c1ccc(C(n2ccc(-c3cccs3)n2)n2ccc(-c3cccs3)n2)cc1. The fourth-order valence-corrected chi connectivity index (χ4v) is 4.49. The lowest BCUT2D eigenvalue weighted by Crippen LogP contribution is -2.20. The van der Waals surface area contributed by atoms with E-state index in [1.54, 1.807) is 22.7 Å². The van der Waals surface area contributed by atoms with Gasteiger partial charge in [0, 0.05) is 12.4 Å². The van der Waals surface area contributed by atoms with Crippen molar-refractivity contribution in [3.63, 3.8) is 0 Å². The molecule has 0 aliphatic heterocycles. The third-order valence-corrected chi connectivity index (χ3v) is 6.15. The van der Waals surface area contributed by atoms with Gasteiger partial charge in [-0.15, -0.1) is 22.7 Å². The average molecular weight is 389 g/mol. The Morgan fingerprint density at radius 3 is 1.67 bits per heavy atom. The Morgan fingerprint density at radius 1 is 0.630 bits per heavy atom. The number of rotatable bonds is 5. The van der Waals surface area contributed by atoms with E-state index in [1.807, 2.05) is 27.8 Å². The second-order valence-corrected chi connectivity index (χ2v) is 8.00. The lowest BCUT2D eigenvalue weighted by atomic mass is 10.2. The molecule has 0 radical (unpaired) electrons. The Labute approximate surface area is 165 Å². The Hall–Kier alpha value is -2.96. The number of nitrogens with zero attached hydrogens (tertiary/aromatic N) is 4. The molecular formula is C21H16N4S2. The van der Waals surface area contributed by atoms with Crippen LogP contribution in [0.25, 0.3) is 21.1 Å². The number of thiophene rings is 2. The number of aromatic nitrogens is 4. The van der Waals surface area contributed by atoms with Crippen LogP contribution in [0.1, 0.15) is 11.7 Å². The van der Waals surface area contributed by atoms with Crippen molar-refractivity contribution in [3.8, 4) is 21.1 Å². The van der Waals surface area contributed by atoms with Crippen LogP contribution in [0.3, 0.4) is 0 Å². The maximum atomic E-state index is 4.85. The van der Waals surface area contributed by atoms with Gasteiger partial charge in [0.2, 0.25) is 0 Å². The molecule has 0 spiro atoms. The molecule has 4 heterocycles. The van der Waals surface area contributed by atoms with Crippen LogP contribution >= 0.6 is 22.7 Å². The molecule has 5 aromatic rings. The second kappa shape index (κ2) is 6.98. The summed E-state index contributed by atoms with van der Waals surface area (Å²) in [5, 5.41) is 13.8. The van der Waals surface area contributed by atoms with Gasteiger partial charge in [0.05, 0.1) is 9.75 Å². The molecule has 4 aromatic heterocycles. The van der Waals surface area contributed by atoms with E-state index in [2.05, 4.69) is 71.4 Å². The van der Waals surface area contributed by atoms with Crippen molar-refractivity contribution in [1.29, 1.82) is 0 Å². The first kappa shape index (κ1) is 16.2. The molecule has 0 saturated carbocycles. The second-order valence-electron chi connectivity index (χ2n) is 6.10. The van der Waals surface area contributed by atoms with Gasteiger partial charge in [-0.25, -0.2) is 9.36 Å². The minimum Gasteiger partial charge on any atom is -0.243 e. The van der Waals surface area contributed by atoms with Gasteiger partial charge < -0.3 is 0 Å². The Bertz CT molecular complexity index is 1050. The smallest absolute Gasteiger partial charge is 0.168 e. The summed E-state index contributed by atoms with van der Waals surface area (Å²) >= 11 is 3.40. The average Bonchev–Trinajstić information content (AvgIpc) is 3.50. The minimum absolute atomic E-state index is 0.131. The van der Waals surface area contributed by atoms with Crippen LogP contribution in [0.2, 0.25) is 0 Å². The fraction of sp³-hybridized carbons (Fsp3) is 0.0476. The highest BCUT2D eigenvalue weighted by Crippen LogP contribution is 2.28. The van der Waals surface area contributed by atoms with Crippen molar-refractivity contribution in [2.24, 2.45) is 0 Å². The molecule has 0 fully saturated rings. The van der Waals surface area contributed by atoms with Gasteiger partial charge >= 0.3 is 0 Å². The van der Waals surface area contributed by atoms with Crippen molar-refractivity contribution in [2.75, 3.05) is 0 Å². The molecule has 132 valence electrons. The van der Waals surface area contributed by atoms with Gasteiger partial charge in [-0.2, -0.15) is 10.2 Å². The van der Waals surface area contributed by atoms with E-state index >= 15 is 0 Å². The van der Waals surface area contributed by atoms with Crippen LogP contribution in [0.5, 0.6) is 0 Å². The lowest BCUT2D eigenvalue weighted by molar-refractivity contribution is 0.420. The van der Waals surface area contributed by atoms with Gasteiger partial charge in [-0.05, 0) is 40.6 Å². The first-order chi connectivity index (χ1) is 13.4. The van der Waals surface area contributed by atoms with E-state index in [-0.39, 0.29) is 6.17 Å². The standard InChI is InChI=1S/C21H16N4S2/c1-2-6-16(7-3-1)21(24-12-10-17(22-24)19-8-4-14-26-19)25-13-11-18(23-25)20-9-5-15-27-20/h1-15,21H. The van der Waals surface area contributed by atoms with Crippen LogP contribution in [-0.4, -0.2) is 19.6 Å². The zero-order valence-corrected chi connectivity index (χ0v) is 16.0. The number of benzene rings is 1. The van der Waals surface area contributed by atoms with Crippen molar-refractivity contribution < 1.29 is 0 Å². The molecule has 27 heavy (non-hydrogen) atoms. The van der Waals surface area contributed by atoms with Crippen LogP contribution in [-0.2, 0) is 0 Å². The molecule has 0 saturated heterocycles. The highest BCUT2D eigenvalue weighted by atomic mass is 32.1. The molecule has 0 amide bonds. The molecule has 6 heteroatoms. The van der Waals surface area contributed by atoms with Gasteiger partial charge in [-0.1, -0.05) is 42.5 Å². The molecule has 0 unspecified atom stereocenters. The van der Waals surface area contributed by atoms with Gasteiger partial charge in [0.15, 0.2) is 6.17 Å². The summed E-state index contributed by atoms with van der Waals surface area (Å²) in [6.45, 7) is 0. The van der Waals surface area contributed by atoms with Crippen molar-refractivity contribution in [1.82, 2.24) is 19.6 Å². The Kier molecular flexibility index (Phi) is 4.20. The zero-order chi connectivity index (χ0) is 18.1. The van der Waals surface area contributed by atoms with Crippen molar-refractivity contribution >= 4 is 22.7 Å². The molecule has 5 rings (SSSR count). The van der Waals surface area contributed by atoms with E-state index in [1.165, 1.54) is 9.75 Å². The predicted molar refractivity (Wildman–Crippen MR) is 111 cm³/mol. The summed E-state index contributed by atoms with van der Waals surface area (Å²) in [5.41, 5.74) is 3.10. The summed E-state index contributed by atoms with van der Waals surface area (Å²) < 4.78 is 3.96. The van der Waals surface area contributed by atoms with E-state index in [0.717, 1.165) is 17.0 Å². The summed E-state index contributed by atoms with van der Waals surface area (Å²) in [6.07, 6.45) is 3.92. The molecule has 0 bridgehead atoms. The Morgan fingerprint density at radius 2 is 1.19 bits per heavy atom. The zero-order valence-electron chi connectivity index (χ0n) is 14.3. The molecule has 4 nitrogen and oxygen atoms in total. The summed E-state index contributed by atoms with van der Waals surface area (Å²) in [5.74, 6) is 0. The van der Waals surface area contributed by atoms with Crippen LogP contribution in [0.4, 0.5) is 0 Å². The summed E-state index contributed by atoms with van der Waals surface area (Å²) in [7, 11) is 0. The number of hydrogen-bond acceptors (Lipinski definition) is 4. The predicted octanol–water partition coefficient (Wildman–Crippen LogP) is 5.63. The molecule has 0 aliphatic rings. The van der Waals surface area contributed by atoms with Gasteiger partial charge in [0.1, 0.15) is 11.4 Å². The minimum atomic E-state index is -0.131. The molecule has 0 aliphatic carbocycles. The highest BCUT2D eigenvalue weighted by molar-refractivity contribution is 7.13. The normalized spacial score (nSPS) is 11.3. The third kappa shape index (κ3) is 3.13. The topological polar surface area (TPSA) is 35.6 Å². The summed E-state index contributed by atoms with van der Waals surface area (Å²) in [4.78, 5) is 2.33. The summed E-state index contributed by atoms with van der Waals surface area (Å²) in [6, 6.07) is 22.8. The molecule has 0 atom stereocenters. The maximum absolute atomic E-state index is 4.85. The molecule has 0 N–H and O–H groups in total. The maximum Gasteiger partial charge on any atom is 0.168 e. The van der Waals surface area contributed by atoms with E-state index in [4.69, 9.17) is 10.2 Å². The molecular weight excluding hydrogens is 372 g/mol. The lowest BCUT2D eigenvalue weighted by Gasteiger charge is -2.19. The highest BCUT2D eigenvalue weighted by Gasteiger charge is 2.19. The Balaban J connectivity index is 1.58. The number of hydrogen-bond donors (Lipinski definition) is 0. The first-order valence-electron chi connectivity index (χ1n) is 8.61. The van der Waals surface area contributed by atoms with E-state index in [9.17, 15) is 0 Å². The first-order valence-corrected chi connectivity index (χ1v) is 10.4. The van der Waals surface area contributed by atoms with Crippen LogP contribution in [0, 0.1) is 0 Å². The van der Waals surface area contributed by atoms with E-state index in [0.29, 0.717) is 0 Å². The molecule has 1 aromatic carbocycles. The van der Waals surface area contributed by atoms with Gasteiger partial charge in [0.25, 0.3) is 0 Å². The monoisotopic (exact) mass is 388 g/mol. The third-order valence-electron chi connectivity index (χ3n) is 4.36.